The predicted octanol–water partition coefficient (Wildman–Crippen LogP) is 1.68. The van der Waals surface area contributed by atoms with Crippen LogP contribution in [0.25, 0.3) is 0 Å². The van der Waals surface area contributed by atoms with Crippen molar-refractivity contribution in [3.8, 4) is 0 Å². The summed E-state index contributed by atoms with van der Waals surface area (Å²) in [5, 5.41) is 0. The highest BCUT2D eigenvalue weighted by atomic mass is 32.2. The zero-order valence-electron chi connectivity index (χ0n) is 11.2. The highest BCUT2D eigenvalue weighted by Crippen LogP contribution is 2.24. The van der Waals surface area contributed by atoms with Gasteiger partial charge in [0.2, 0.25) is 0 Å². The van der Waals surface area contributed by atoms with Crippen LogP contribution in [0.3, 0.4) is 0 Å². The van der Waals surface area contributed by atoms with Gasteiger partial charge in [-0.25, -0.2) is 8.42 Å². The topological polar surface area (TPSA) is 77.5 Å². The van der Waals surface area contributed by atoms with E-state index in [1.54, 1.807) is 0 Å². The van der Waals surface area contributed by atoms with Crippen molar-refractivity contribution < 1.29 is 34.2 Å². The molecule has 1 aromatic rings. The monoisotopic (exact) mass is 358 g/mol. The summed E-state index contributed by atoms with van der Waals surface area (Å²) in [5.41, 5.74) is -0.0742. The largest absolute Gasteiger partial charge is 0.393 e. The van der Waals surface area contributed by atoms with Crippen molar-refractivity contribution in [1.29, 1.82) is 0 Å². The van der Waals surface area contributed by atoms with Gasteiger partial charge in [0.1, 0.15) is 0 Å². The third-order valence-corrected chi connectivity index (χ3v) is 6.18. The first-order valence-corrected chi connectivity index (χ1v) is 9.49. The van der Waals surface area contributed by atoms with Crippen molar-refractivity contribution in [2.75, 3.05) is 11.5 Å². The molecule has 0 aliphatic carbocycles. The van der Waals surface area contributed by atoms with Gasteiger partial charge in [0.05, 0.1) is 28.9 Å². The van der Waals surface area contributed by atoms with Crippen LogP contribution in [0.1, 0.15) is 12.0 Å². The van der Waals surface area contributed by atoms with Gasteiger partial charge >= 0.3 is 6.18 Å². The lowest BCUT2D eigenvalue weighted by atomic mass is 10.1. The molecule has 5 nitrogen and oxygen atoms in total. The van der Waals surface area contributed by atoms with Gasteiger partial charge in [-0.1, -0.05) is 12.1 Å². The summed E-state index contributed by atoms with van der Waals surface area (Å²) in [4.78, 5) is -0.303. The number of rotatable bonds is 4. The highest BCUT2D eigenvalue weighted by molar-refractivity contribution is 7.91. The van der Waals surface area contributed by atoms with Gasteiger partial charge in [0, 0.05) is 0 Å². The predicted molar refractivity (Wildman–Crippen MR) is 71.5 cm³/mol. The number of benzene rings is 1. The van der Waals surface area contributed by atoms with E-state index >= 15 is 0 Å². The Morgan fingerprint density at radius 1 is 1.18 bits per heavy atom. The quantitative estimate of drug-likeness (QED) is 0.766. The fraction of sp³-hybridized carbons (Fsp3) is 0.500. The van der Waals surface area contributed by atoms with Crippen molar-refractivity contribution in [2.45, 2.75) is 30.0 Å². The Balaban J connectivity index is 2.10. The molecule has 0 radical (unpaired) electrons. The second-order valence-electron chi connectivity index (χ2n) is 5.01. The van der Waals surface area contributed by atoms with Crippen LogP contribution in [0.4, 0.5) is 13.2 Å². The molecule has 124 valence electrons. The summed E-state index contributed by atoms with van der Waals surface area (Å²) in [6.45, 7) is 0. The van der Waals surface area contributed by atoms with E-state index in [0.29, 0.717) is 0 Å². The average Bonchev–Trinajstić information content (AvgIpc) is 2.66. The van der Waals surface area contributed by atoms with Crippen molar-refractivity contribution in [3.63, 3.8) is 0 Å². The van der Waals surface area contributed by atoms with E-state index in [-0.39, 0.29) is 28.4 Å². The lowest BCUT2D eigenvalue weighted by molar-refractivity contribution is -0.127. The molecule has 0 aromatic heterocycles. The Kier molecular flexibility index (Phi) is 4.56. The van der Waals surface area contributed by atoms with Gasteiger partial charge in [-0.15, -0.1) is 0 Å². The maximum absolute atomic E-state index is 12.2. The zero-order valence-corrected chi connectivity index (χ0v) is 12.8. The van der Waals surface area contributed by atoms with Crippen LogP contribution in [0, 0.1) is 0 Å². The molecule has 0 saturated carbocycles. The Morgan fingerprint density at radius 3 is 2.23 bits per heavy atom. The number of alkyl halides is 3. The molecule has 0 amide bonds. The van der Waals surface area contributed by atoms with Crippen molar-refractivity contribution in [1.82, 2.24) is 0 Å². The second kappa shape index (κ2) is 5.82. The molecule has 1 aromatic carbocycles. The Labute approximate surface area is 126 Å². The number of sulfone groups is 1. The van der Waals surface area contributed by atoms with E-state index in [2.05, 4.69) is 0 Å². The summed E-state index contributed by atoms with van der Waals surface area (Å²) in [6, 6.07) is 4.13. The van der Waals surface area contributed by atoms with Crippen LogP contribution < -0.4 is 0 Å². The normalized spacial score (nSPS) is 21.9. The Bertz CT molecular complexity index is 736. The van der Waals surface area contributed by atoms with Crippen LogP contribution in [-0.2, 0) is 30.6 Å². The highest BCUT2D eigenvalue weighted by Gasteiger charge is 2.33. The van der Waals surface area contributed by atoms with E-state index in [9.17, 15) is 30.0 Å². The molecular weight excluding hydrogens is 345 g/mol. The fourth-order valence-electron chi connectivity index (χ4n) is 2.08. The summed E-state index contributed by atoms with van der Waals surface area (Å²) in [6.07, 6.45) is -6.41. The molecule has 0 spiro atoms. The van der Waals surface area contributed by atoms with E-state index in [1.165, 1.54) is 0 Å². The second-order valence-corrected chi connectivity index (χ2v) is 8.81. The first-order chi connectivity index (χ1) is 9.97. The summed E-state index contributed by atoms with van der Waals surface area (Å²) < 4.78 is 87.9. The zero-order chi connectivity index (χ0) is 16.6. The maximum Gasteiger partial charge on any atom is 0.393 e. The number of halogens is 3. The summed E-state index contributed by atoms with van der Waals surface area (Å²) >= 11 is 0. The summed E-state index contributed by atoms with van der Waals surface area (Å²) in [7, 11) is -7.49. The summed E-state index contributed by atoms with van der Waals surface area (Å²) in [5.74, 6) is -0.518. The van der Waals surface area contributed by atoms with Gasteiger partial charge in [0.25, 0.3) is 10.1 Å². The number of hydrogen-bond acceptors (Lipinski definition) is 5. The van der Waals surface area contributed by atoms with Gasteiger partial charge in [-0.05, 0) is 24.1 Å². The van der Waals surface area contributed by atoms with E-state index in [1.807, 2.05) is 0 Å². The minimum Gasteiger partial charge on any atom is -0.262 e. The smallest absolute Gasteiger partial charge is 0.262 e. The molecule has 22 heavy (non-hydrogen) atoms. The molecule has 1 aliphatic heterocycles. The van der Waals surface area contributed by atoms with E-state index < -0.39 is 38.7 Å². The lowest BCUT2D eigenvalue weighted by Crippen LogP contribution is -2.20. The molecule has 1 unspecified atom stereocenters. The van der Waals surface area contributed by atoms with Gasteiger partial charge in [-0.3, -0.25) is 4.18 Å². The van der Waals surface area contributed by atoms with Crippen LogP contribution in [-0.4, -0.2) is 40.6 Å². The first kappa shape index (κ1) is 17.2. The third kappa shape index (κ3) is 4.68. The molecule has 2 rings (SSSR count). The molecule has 1 aliphatic rings. The van der Waals surface area contributed by atoms with Crippen molar-refractivity contribution in [2.24, 2.45) is 0 Å². The molecular formula is C12H13F3O5S2. The number of hydrogen-bond donors (Lipinski definition) is 0. The van der Waals surface area contributed by atoms with Crippen molar-refractivity contribution in [3.05, 3.63) is 29.8 Å². The standard InChI is InChI=1S/C12H13F3O5S2/c13-12(14,15)7-9-1-3-11(4-2-9)22(18,19)20-10-5-6-21(16,17)8-10/h1-4,10H,5-8H2. The van der Waals surface area contributed by atoms with Crippen LogP contribution in [0.2, 0.25) is 0 Å². The Hall–Kier alpha value is -1.13. The van der Waals surface area contributed by atoms with Gasteiger partial charge in [0.15, 0.2) is 9.84 Å². The van der Waals surface area contributed by atoms with Crippen LogP contribution in [0.15, 0.2) is 29.2 Å². The van der Waals surface area contributed by atoms with Crippen LogP contribution in [0.5, 0.6) is 0 Å². The molecule has 1 saturated heterocycles. The van der Waals surface area contributed by atoms with Gasteiger partial charge in [-0.2, -0.15) is 21.6 Å². The molecule has 0 bridgehead atoms. The van der Waals surface area contributed by atoms with Crippen molar-refractivity contribution >= 4 is 20.0 Å². The molecule has 1 heterocycles. The van der Waals surface area contributed by atoms with E-state index in [4.69, 9.17) is 4.18 Å². The lowest BCUT2D eigenvalue weighted by Gasteiger charge is -2.11. The van der Waals surface area contributed by atoms with E-state index in [0.717, 1.165) is 24.3 Å². The minimum absolute atomic E-state index is 0.0742. The SMILES string of the molecule is O=S1(=O)CCC(OS(=O)(=O)c2ccc(CC(F)(F)F)cc2)C1. The maximum atomic E-state index is 12.2. The first-order valence-electron chi connectivity index (χ1n) is 6.26. The average molecular weight is 358 g/mol. The third-order valence-electron chi connectivity index (χ3n) is 3.07. The fourth-order valence-corrected chi connectivity index (χ4v) is 4.86. The molecule has 1 fully saturated rings. The molecule has 0 N–H and O–H groups in total. The minimum atomic E-state index is -4.38. The molecule has 1 atom stereocenters. The van der Waals surface area contributed by atoms with Gasteiger partial charge < -0.3 is 0 Å². The van der Waals surface area contributed by atoms with Crippen LogP contribution >= 0.6 is 0 Å². The molecule has 10 heteroatoms. The Morgan fingerprint density at radius 2 is 1.77 bits per heavy atom.